The van der Waals surface area contributed by atoms with Gasteiger partial charge in [0.05, 0.1) is 7.11 Å². The highest BCUT2D eigenvalue weighted by molar-refractivity contribution is 7.99. The number of methoxy groups -OCH3 is 1. The largest absolute Gasteiger partial charge is 0.494 e. The Labute approximate surface area is 213 Å². The highest BCUT2D eigenvalue weighted by Gasteiger charge is 2.12. The summed E-state index contributed by atoms with van der Waals surface area (Å²) < 4.78 is 5.48. The first-order chi connectivity index (χ1) is 17.8. The van der Waals surface area contributed by atoms with E-state index >= 15 is 0 Å². The van der Waals surface area contributed by atoms with Crippen LogP contribution in [0.1, 0.15) is 0 Å². The highest BCUT2D eigenvalue weighted by Crippen LogP contribution is 2.36. The van der Waals surface area contributed by atoms with Crippen LogP contribution >= 0.6 is 11.8 Å². The summed E-state index contributed by atoms with van der Waals surface area (Å²) in [7, 11) is 1.67. The van der Waals surface area contributed by atoms with Gasteiger partial charge in [-0.15, -0.1) is 10.2 Å². The Morgan fingerprint density at radius 3 is 2.25 bits per heavy atom. The number of nitrogens with one attached hydrogen (secondary N) is 1. The lowest BCUT2D eigenvalue weighted by molar-refractivity contribution is 0.419. The van der Waals surface area contributed by atoms with Crippen LogP contribution in [0.15, 0.2) is 119 Å². The first-order valence-corrected chi connectivity index (χ1v) is 12.4. The minimum Gasteiger partial charge on any atom is -0.494 e. The molecule has 5 nitrogen and oxygen atoms in total. The van der Waals surface area contributed by atoms with Crippen molar-refractivity contribution in [3.8, 4) is 17.0 Å². The Bertz CT molecular complexity index is 1670. The van der Waals surface area contributed by atoms with Gasteiger partial charge < -0.3 is 10.1 Å². The third kappa shape index (κ3) is 4.23. The van der Waals surface area contributed by atoms with Crippen molar-refractivity contribution in [2.24, 2.45) is 0 Å². The SMILES string of the molecule is COc1cccc2c(Sc3ccc(Nc4nnc(-c5ccccc5)c5ccccc45)cc3)ccnc12. The second-order valence-electron chi connectivity index (χ2n) is 8.23. The van der Waals surface area contributed by atoms with Crippen molar-refractivity contribution in [2.45, 2.75) is 9.79 Å². The van der Waals surface area contributed by atoms with E-state index in [1.54, 1.807) is 18.9 Å². The maximum absolute atomic E-state index is 5.48. The van der Waals surface area contributed by atoms with Gasteiger partial charge >= 0.3 is 0 Å². The zero-order valence-corrected chi connectivity index (χ0v) is 20.4. The molecule has 36 heavy (non-hydrogen) atoms. The van der Waals surface area contributed by atoms with Gasteiger partial charge in [-0.1, -0.05) is 78.5 Å². The van der Waals surface area contributed by atoms with Crippen molar-refractivity contribution < 1.29 is 4.74 Å². The number of para-hydroxylation sites is 1. The number of anilines is 2. The summed E-state index contributed by atoms with van der Waals surface area (Å²) in [5.74, 6) is 1.51. The van der Waals surface area contributed by atoms with Crippen LogP contribution in [0, 0.1) is 0 Å². The second kappa shape index (κ2) is 9.68. The Balaban J connectivity index is 1.27. The quantitative estimate of drug-likeness (QED) is 0.260. The topological polar surface area (TPSA) is 59.9 Å². The fraction of sp³-hybridized carbons (Fsp3) is 0.0333. The molecule has 6 aromatic rings. The van der Waals surface area contributed by atoms with Crippen LogP contribution in [-0.2, 0) is 0 Å². The number of hydrogen-bond donors (Lipinski definition) is 1. The lowest BCUT2D eigenvalue weighted by atomic mass is 10.0. The van der Waals surface area contributed by atoms with E-state index < -0.39 is 0 Å². The van der Waals surface area contributed by atoms with Crippen LogP contribution in [0.2, 0.25) is 0 Å². The van der Waals surface area contributed by atoms with Gasteiger partial charge in [-0.2, -0.15) is 0 Å². The van der Waals surface area contributed by atoms with Crippen molar-refractivity contribution in [3.05, 3.63) is 109 Å². The smallest absolute Gasteiger partial charge is 0.161 e. The molecule has 2 aromatic heterocycles. The molecule has 0 aliphatic carbocycles. The summed E-state index contributed by atoms with van der Waals surface area (Å²) in [6.45, 7) is 0. The van der Waals surface area contributed by atoms with Gasteiger partial charge in [0.25, 0.3) is 0 Å². The average molecular weight is 487 g/mol. The van der Waals surface area contributed by atoms with E-state index in [0.717, 1.165) is 60.0 Å². The first kappa shape index (κ1) is 22.1. The average Bonchev–Trinajstić information content (AvgIpc) is 2.94. The van der Waals surface area contributed by atoms with Crippen molar-refractivity contribution in [1.82, 2.24) is 15.2 Å². The Hall–Kier alpha value is -4.42. The maximum atomic E-state index is 5.48. The molecule has 0 fully saturated rings. The molecule has 2 heterocycles. The van der Waals surface area contributed by atoms with Gasteiger partial charge in [-0.25, -0.2) is 0 Å². The first-order valence-electron chi connectivity index (χ1n) is 11.6. The number of ether oxygens (including phenoxy) is 1. The number of rotatable bonds is 6. The molecule has 0 amide bonds. The molecule has 6 rings (SSSR count). The number of benzene rings is 4. The van der Waals surface area contributed by atoms with E-state index in [1.807, 2.05) is 54.7 Å². The highest BCUT2D eigenvalue weighted by atomic mass is 32.2. The van der Waals surface area contributed by atoms with Gasteiger partial charge in [0.1, 0.15) is 17.0 Å². The predicted molar refractivity (Wildman–Crippen MR) is 147 cm³/mol. The molecule has 0 saturated heterocycles. The van der Waals surface area contributed by atoms with Crippen molar-refractivity contribution in [1.29, 1.82) is 0 Å². The molecule has 0 aliphatic heterocycles. The fourth-order valence-electron chi connectivity index (χ4n) is 4.25. The fourth-order valence-corrected chi connectivity index (χ4v) is 5.18. The van der Waals surface area contributed by atoms with Crippen LogP contribution in [0.4, 0.5) is 11.5 Å². The molecule has 0 atom stereocenters. The molecule has 4 aromatic carbocycles. The maximum Gasteiger partial charge on any atom is 0.161 e. The summed E-state index contributed by atoms with van der Waals surface area (Å²) in [5, 5.41) is 15.7. The normalized spacial score (nSPS) is 11.0. The molecular formula is C30H22N4OS. The Morgan fingerprint density at radius 2 is 1.44 bits per heavy atom. The van der Waals surface area contributed by atoms with Crippen LogP contribution in [0.25, 0.3) is 32.9 Å². The van der Waals surface area contributed by atoms with Gasteiger partial charge in [-0.05, 0) is 36.4 Å². The third-order valence-electron chi connectivity index (χ3n) is 5.99. The van der Waals surface area contributed by atoms with Crippen molar-refractivity contribution >= 4 is 44.9 Å². The molecule has 6 heteroatoms. The monoisotopic (exact) mass is 486 g/mol. The van der Waals surface area contributed by atoms with Gasteiger partial charge in [-0.3, -0.25) is 4.98 Å². The predicted octanol–water partition coefficient (Wildman–Crippen LogP) is 7.75. The summed E-state index contributed by atoms with van der Waals surface area (Å²) in [6.07, 6.45) is 1.83. The molecule has 0 saturated carbocycles. The number of nitrogens with zero attached hydrogens (tertiary/aromatic N) is 3. The van der Waals surface area contributed by atoms with E-state index in [-0.39, 0.29) is 0 Å². The van der Waals surface area contributed by atoms with Crippen LogP contribution in [0.5, 0.6) is 5.75 Å². The number of hydrogen-bond acceptors (Lipinski definition) is 6. The third-order valence-corrected chi connectivity index (χ3v) is 7.08. The second-order valence-corrected chi connectivity index (χ2v) is 9.34. The zero-order chi connectivity index (χ0) is 24.3. The minimum atomic E-state index is 0.734. The molecule has 1 N–H and O–H groups in total. The lowest BCUT2D eigenvalue weighted by Crippen LogP contribution is -1.99. The van der Waals surface area contributed by atoms with E-state index in [2.05, 4.69) is 75.1 Å². The summed E-state index contributed by atoms with van der Waals surface area (Å²) >= 11 is 1.70. The summed E-state index contributed by atoms with van der Waals surface area (Å²) in [5.41, 5.74) is 3.75. The zero-order valence-electron chi connectivity index (χ0n) is 19.6. The number of pyridine rings is 1. The molecule has 0 unspecified atom stereocenters. The van der Waals surface area contributed by atoms with Gasteiger partial charge in [0.15, 0.2) is 5.82 Å². The number of aromatic nitrogens is 3. The number of fused-ring (bicyclic) bond motifs is 2. The van der Waals surface area contributed by atoms with E-state index in [0.29, 0.717) is 0 Å². The molecular weight excluding hydrogens is 464 g/mol. The van der Waals surface area contributed by atoms with E-state index in [4.69, 9.17) is 4.74 Å². The van der Waals surface area contributed by atoms with Crippen LogP contribution in [-0.4, -0.2) is 22.3 Å². The van der Waals surface area contributed by atoms with E-state index in [1.165, 1.54) is 0 Å². The van der Waals surface area contributed by atoms with Gasteiger partial charge in [0, 0.05) is 43.4 Å². The summed E-state index contributed by atoms with van der Waals surface area (Å²) in [6, 6.07) is 34.8. The minimum absolute atomic E-state index is 0.734. The molecule has 0 aliphatic rings. The lowest BCUT2D eigenvalue weighted by Gasteiger charge is -2.12. The van der Waals surface area contributed by atoms with Gasteiger partial charge in [0.2, 0.25) is 0 Å². The molecule has 0 radical (unpaired) electrons. The Morgan fingerprint density at radius 1 is 0.694 bits per heavy atom. The van der Waals surface area contributed by atoms with Crippen LogP contribution in [0.3, 0.4) is 0 Å². The standard InChI is InChI=1S/C30H22N4OS/c1-35-26-13-7-12-25-27(18-19-31-29(25)26)36-22-16-14-21(15-17-22)32-30-24-11-6-5-10-23(24)28(33-34-30)20-8-3-2-4-9-20/h2-19H,1H3,(H,32,34). The van der Waals surface area contributed by atoms with Crippen molar-refractivity contribution in [2.75, 3.05) is 12.4 Å². The van der Waals surface area contributed by atoms with E-state index in [9.17, 15) is 0 Å². The summed E-state index contributed by atoms with van der Waals surface area (Å²) in [4.78, 5) is 6.77. The Kier molecular flexibility index (Phi) is 5.93. The van der Waals surface area contributed by atoms with Crippen LogP contribution < -0.4 is 10.1 Å². The molecule has 174 valence electrons. The molecule has 0 bridgehead atoms. The van der Waals surface area contributed by atoms with Crippen molar-refractivity contribution in [3.63, 3.8) is 0 Å². The molecule has 0 spiro atoms.